The first-order valence-electron chi connectivity index (χ1n) is 7.47. The van der Waals surface area contributed by atoms with Gasteiger partial charge in [0.05, 0.1) is 11.4 Å². The lowest BCUT2D eigenvalue weighted by Crippen LogP contribution is -2.34. The van der Waals surface area contributed by atoms with Gasteiger partial charge in [-0.15, -0.1) is 6.58 Å². The van der Waals surface area contributed by atoms with Gasteiger partial charge >= 0.3 is 6.03 Å². The van der Waals surface area contributed by atoms with E-state index in [0.717, 1.165) is 5.56 Å². The Hall–Kier alpha value is -3.28. The number of nitrogens with two attached hydrogens (primary N) is 1. The van der Waals surface area contributed by atoms with Crippen LogP contribution >= 0.6 is 0 Å². The second-order valence-corrected chi connectivity index (χ2v) is 5.09. The van der Waals surface area contributed by atoms with Gasteiger partial charge in [0.2, 0.25) is 0 Å². The Morgan fingerprint density at radius 2 is 1.75 bits per heavy atom. The summed E-state index contributed by atoms with van der Waals surface area (Å²) >= 11 is 0. The highest BCUT2D eigenvalue weighted by Gasteiger charge is 2.08. The van der Waals surface area contributed by atoms with Crippen LogP contribution in [0.25, 0.3) is 0 Å². The lowest BCUT2D eigenvalue weighted by Gasteiger charge is -2.09. The van der Waals surface area contributed by atoms with Gasteiger partial charge in [-0.1, -0.05) is 30.3 Å². The summed E-state index contributed by atoms with van der Waals surface area (Å²) in [4.78, 5) is 23.6. The van der Waals surface area contributed by atoms with Gasteiger partial charge in [0.25, 0.3) is 5.91 Å². The summed E-state index contributed by atoms with van der Waals surface area (Å²) in [6, 6.07) is 13.8. The number of anilines is 2. The van der Waals surface area contributed by atoms with Crippen LogP contribution in [0.15, 0.2) is 61.2 Å². The van der Waals surface area contributed by atoms with Gasteiger partial charge in [0.15, 0.2) is 0 Å². The van der Waals surface area contributed by atoms with Crippen molar-refractivity contribution in [1.82, 2.24) is 10.6 Å². The molecule has 5 N–H and O–H groups in total. The Morgan fingerprint density at radius 1 is 1.04 bits per heavy atom. The van der Waals surface area contributed by atoms with Crippen molar-refractivity contribution >= 4 is 23.3 Å². The topological polar surface area (TPSA) is 96.2 Å². The molecule has 0 spiro atoms. The summed E-state index contributed by atoms with van der Waals surface area (Å²) in [6.45, 7) is 4.31. The second kappa shape index (κ2) is 8.38. The Kier molecular flexibility index (Phi) is 5.96. The molecular formula is C18H20N4O2. The van der Waals surface area contributed by atoms with Crippen LogP contribution in [-0.4, -0.2) is 18.5 Å². The summed E-state index contributed by atoms with van der Waals surface area (Å²) in [5.41, 5.74) is 8.29. The number of amides is 3. The van der Waals surface area contributed by atoms with Crippen LogP contribution in [0, 0.1) is 0 Å². The van der Waals surface area contributed by atoms with Gasteiger partial charge in [0.1, 0.15) is 0 Å². The van der Waals surface area contributed by atoms with Gasteiger partial charge in [-0.05, 0) is 29.8 Å². The first-order chi connectivity index (χ1) is 11.6. The fourth-order valence-electron chi connectivity index (χ4n) is 1.99. The van der Waals surface area contributed by atoms with E-state index < -0.39 is 0 Å². The number of carbonyl (C=O) groups is 2. The fourth-order valence-corrected chi connectivity index (χ4v) is 1.99. The lowest BCUT2D eigenvalue weighted by molar-refractivity contribution is 0.102. The van der Waals surface area contributed by atoms with E-state index in [4.69, 9.17) is 5.73 Å². The Morgan fingerprint density at radius 3 is 2.42 bits per heavy atom. The monoisotopic (exact) mass is 324 g/mol. The zero-order valence-electron chi connectivity index (χ0n) is 13.2. The van der Waals surface area contributed by atoms with Crippen molar-refractivity contribution < 1.29 is 9.59 Å². The second-order valence-electron chi connectivity index (χ2n) is 5.09. The van der Waals surface area contributed by atoms with Crippen molar-refractivity contribution in [2.45, 2.75) is 6.54 Å². The first-order valence-corrected chi connectivity index (χ1v) is 7.47. The molecule has 0 bridgehead atoms. The summed E-state index contributed by atoms with van der Waals surface area (Å²) in [5.74, 6) is -0.240. The van der Waals surface area contributed by atoms with Crippen molar-refractivity contribution in [2.24, 2.45) is 0 Å². The van der Waals surface area contributed by atoms with Crippen LogP contribution in [0.5, 0.6) is 0 Å². The van der Waals surface area contributed by atoms with Crippen LogP contribution < -0.4 is 21.7 Å². The Bertz CT molecular complexity index is 726. The van der Waals surface area contributed by atoms with E-state index in [9.17, 15) is 9.59 Å². The molecule has 0 atom stereocenters. The minimum atomic E-state index is -0.267. The molecule has 2 rings (SSSR count). The smallest absolute Gasteiger partial charge is 0.315 e. The van der Waals surface area contributed by atoms with Gasteiger partial charge < -0.3 is 21.7 Å². The molecule has 0 saturated heterocycles. The number of hydrogen-bond donors (Lipinski definition) is 4. The predicted molar refractivity (Wildman–Crippen MR) is 95.7 cm³/mol. The number of carbonyl (C=O) groups excluding carboxylic acids is 2. The van der Waals surface area contributed by atoms with E-state index in [1.807, 2.05) is 0 Å². The molecule has 0 radical (unpaired) electrons. The SMILES string of the molecule is C=CCNC(=O)NCc1ccc(C(=O)Nc2ccccc2N)cc1. The zero-order valence-corrected chi connectivity index (χ0v) is 13.2. The van der Waals surface area contributed by atoms with Gasteiger partial charge in [-0.25, -0.2) is 4.79 Å². The zero-order chi connectivity index (χ0) is 17.4. The number of nitrogens with one attached hydrogen (secondary N) is 3. The molecule has 0 aliphatic rings. The molecule has 0 aliphatic carbocycles. The van der Waals surface area contributed by atoms with Crippen molar-refractivity contribution in [3.05, 3.63) is 72.3 Å². The number of rotatable bonds is 6. The van der Waals surface area contributed by atoms with Crippen LogP contribution in [0.4, 0.5) is 16.2 Å². The highest BCUT2D eigenvalue weighted by Crippen LogP contribution is 2.18. The Balaban J connectivity index is 1.91. The standard InChI is InChI=1S/C18H20N4O2/c1-2-11-20-18(24)21-12-13-7-9-14(10-8-13)17(23)22-16-6-4-3-5-15(16)19/h2-10H,1,11-12,19H2,(H,22,23)(H2,20,21,24). The average molecular weight is 324 g/mol. The van der Waals surface area contributed by atoms with E-state index in [-0.39, 0.29) is 11.9 Å². The summed E-state index contributed by atoms with van der Waals surface area (Å²) in [5, 5.41) is 8.10. The summed E-state index contributed by atoms with van der Waals surface area (Å²) in [7, 11) is 0. The molecule has 3 amide bonds. The summed E-state index contributed by atoms with van der Waals surface area (Å²) < 4.78 is 0. The minimum Gasteiger partial charge on any atom is -0.397 e. The molecule has 0 heterocycles. The van der Waals surface area contributed by atoms with E-state index in [1.165, 1.54) is 0 Å². The molecule has 0 unspecified atom stereocenters. The third kappa shape index (κ3) is 4.88. The van der Waals surface area contributed by atoms with Crippen molar-refractivity contribution in [3.63, 3.8) is 0 Å². The predicted octanol–water partition coefficient (Wildman–Crippen LogP) is 2.51. The largest absolute Gasteiger partial charge is 0.397 e. The van der Waals surface area contributed by atoms with Crippen molar-refractivity contribution in [3.8, 4) is 0 Å². The molecule has 124 valence electrons. The third-order valence-electron chi connectivity index (χ3n) is 3.29. The lowest BCUT2D eigenvalue weighted by atomic mass is 10.1. The molecule has 0 aliphatic heterocycles. The van der Waals surface area contributed by atoms with Gasteiger partial charge in [-0.2, -0.15) is 0 Å². The highest BCUT2D eigenvalue weighted by atomic mass is 16.2. The van der Waals surface area contributed by atoms with Gasteiger partial charge in [0, 0.05) is 18.7 Å². The number of para-hydroxylation sites is 2. The molecule has 2 aromatic carbocycles. The van der Waals surface area contributed by atoms with E-state index in [0.29, 0.717) is 30.0 Å². The van der Waals surface area contributed by atoms with E-state index >= 15 is 0 Å². The van der Waals surface area contributed by atoms with Crippen LogP contribution in [0.2, 0.25) is 0 Å². The maximum atomic E-state index is 12.2. The molecule has 6 nitrogen and oxygen atoms in total. The maximum absolute atomic E-state index is 12.2. The van der Waals surface area contributed by atoms with Crippen LogP contribution in [-0.2, 0) is 6.54 Å². The molecule has 0 aromatic heterocycles. The summed E-state index contributed by atoms with van der Waals surface area (Å²) in [6.07, 6.45) is 1.60. The number of hydrogen-bond acceptors (Lipinski definition) is 3. The minimum absolute atomic E-state index is 0.240. The molecule has 0 saturated carbocycles. The maximum Gasteiger partial charge on any atom is 0.315 e. The molecule has 24 heavy (non-hydrogen) atoms. The van der Waals surface area contributed by atoms with Crippen LogP contribution in [0.3, 0.4) is 0 Å². The highest BCUT2D eigenvalue weighted by molar-refractivity contribution is 6.05. The van der Waals surface area contributed by atoms with Crippen molar-refractivity contribution in [2.75, 3.05) is 17.6 Å². The molecule has 0 fully saturated rings. The third-order valence-corrected chi connectivity index (χ3v) is 3.29. The Labute approximate surface area is 140 Å². The normalized spacial score (nSPS) is 9.83. The first kappa shape index (κ1) is 17.1. The quantitative estimate of drug-likeness (QED) is 0.485. The molecule has 2 aromatic rings. The number of urea groups is 1. The molecule has 6 heteroatoms. The van der Waals surface area contributed by atoms with E-state index in [1.54, 1.807) is 54.6 Å². The van der Waals surface area contributed by atoms with Crippen LogP contribution in [0.1, 0.15) is 15.9 Å². The van der Waals surface area contributed by atoms with E-state index in [2.05, 4.69) is 22.5 Å². The van der Waals surface area contributed by atoms with Crippen molar-refractivity contribution in [1.29, 1.82) is 0 Å². The fraction of sp³-hybridized carbons (Fsp3) is 0.111. The number of benzene rings is 2. The molecular weight excluding hydrogens is 304 g/mol. The number of nitrogen functional groups attached to an aromatic ring is 1. The average Bonchev–Trinajstić information content (AvgIpc) is 2.60. The van der Waals surface area contributed by atoms with Gasteiger partial charge in [-0.3, -0.25) is 4.79 Å².